The Hall–Kier alpha value is -1.26. The maximum absolute atomic E-state index is 12.1. The van der Waals surface area contributed by atoms with Gasteiger partial charge in [0.25, 0.3) is 0 Å². The van der Waals surface area contributed by atoms with Crippen LogP contribution in [-0.2, 0) is 11.3 Å². The van der Waals surface area contributed by atoms with Crippen molar-refractivity contribution in [1.82, 2.24) is 10.6 Å². The Morgan fingerprint density at radius 2 is 2.10 bits per heavy atom. The van der Waals surface area contributed by atoms with Gasteiger partial charge in [0.15, 0.2) is 0 Å². The average Bonchev–Trinajstić information content (AvgIpc) is 2.45. The lowest BCUT2D eigenvalue weighted by Crippen LogP contribution is -2.45. The molecule has 0 fully saturated rings. The first-order valence-electron chi connectivity index (χ1n) is 7.34. The van der Waals surface area contributed by atoms with E-state index in [9.17, 15) is 4.79 Å². The van der Waals surface area contributed by atoms with E-state index in [1.807, 2.05) is 32.0 Å². The molecule has 0 aliphatic rings. The van der Waals surface area contributed by atoms with Crippen molar-refractivity contribution in [1.29, 1.82) is 0 Å². The van der Waals surface area contributed by atoms with Crippen LogP contribution >= 0.6 is 11.6 Å². The second-order valence-electron chi connectivity index (χ2n) is 5.22. The first-order chi connectivity index (χ1) is 9.99. The molecular formula is C16H25ClN2O2. The number of carbonyl (C=O) groups excluding carboxylic acids is 1. The first-order valence-corrected chi connectivity index (χ1v) is 7.72. The molecule has 2 N–H and O–H groups in total. The summed E-state index contributed by atoms with van der Waals surface area (Å²) in [4.78, 5) is 12.1. The van der Waals surface area contributed by atoms with Crippen molar-refractivity contribution in [2.75, 3.05) is 7.11 Å². The average molecular weight is 313 g/mol. The summed E-state index contributed by atoms with van der Waals surface area (Å²) in [5.41, 5.74) is 0.864. The van der Waals surface area contributed by atoms with Crippen molar-refractivity contribution in [3.8, 4) is 5.75 Å². The van der Waals surface area contributed by atoms with Gasteiger partial charge in [-0.25, -0.2) is 0 Å². The lowest BCUT2D eigenvalue weighted by molar-refractivity contribution is -0.123. The van der Waals surface area contributed by atoms with E-state index in [1.54, 1.807) is 7.11 Å². The van der Waals surface area contributed by atoms with Crippen molar-refractivity contribution >= 4 is 17.5 Å². The van der Waals surface area contributed by atoms with E-state index in [0.29, 0.717) is 11.6 Å². The summed E-state index contributed by atoms with van der Waals surface area (Å²) in [5.74, 6) is 0.726. The third-order valence-electron chi connectivity index (χ3n) is 3.38. The Kier molecular flexibility index (Phi) is 7.54. The van der Waals surface area contributed by atoms with Crippen LogP contribution in [0.1, 0.15) is 39.2 Å². The van der Waals surface area contributed by atoms with Crippen LogP contribution in [0, 0.1) is 0 Å². The SMILES string of the molecule is CCCC(C)NC(=O)C(C)NCc1c(Cl)cccc1OC. The van der Waals surface area contributed by atoms with Crippen molar-refractivity contribution in [3.63, 3.8) is 0 Å². The summed E-state index contributed by atoms with van der Waals surface area (Å²) in [6.45, 7) is 6.45. The van der Waals surface area contributed by atoms with Gasteiger partial charge in [0.2, 0.25) is 5.91 Å². The Labute approximate surface area is 132 Å². The molecule has 0 spiro atoms. The Balaban J connectivity index is 2.57. The molecule has 0 bridgehead atoms. The van der Waals surface area contributed by atoms with E-state index < -0.39 is 0 Å². The zero-order valence-corrected chi connectivity index (χ0v) is 14.0. The van der Waals surface area contributed by atoms with Crippen LogP contribution in [0.3, 0.4) is 0 Å². The Morgan fingerprint density at radius 1 is 1.38 bits per heavy atom. The number of ether oxygens (including phenoxy) is 1. The molecule has 5 heteroatoms. The highest BCUT2D eigenvalue weighted by molar-refractivity contribution is 6.31. The molecule has 21 heavy (non-hydrogen) atoms. The number of hydrogen-bond donors (Lipinski definition) is 2. The highest BCUT2D eigenvalue weighted by atomic mass is 35.5. The molecule has 4 nitrogen and oxygen atoms in total. The Morgan fingerprint density at radius 3 is 2.71 bits per heavy atom. The minimum absolute atomic E-state index is 0.00182. The molecule has 0 heterocycles. The van der Waals surface area contributed by atoms with Crippen molar-refractivity contribution in [3.05, 3.63) is 28.8 Å². The van der Waals surface area contributed by atoms with Crippen LogP contribution in [0.2, 0.25) is 5.02 Å². The largest absolute Gasteiger partial charge is 0.496 e. The smallest absolute Gasteiger partial charge is 0.237 e. The molecule has 0 aliphatic carbocycles. The number of methoxy groups -OCH3 is 1. The van der Waals surface area contributed by atoms with Gasteiger partial charge in [0.1, 0.15) is 5.75 Å². The van der Waals surface area contributed by atoms with Crippen LogP contribution in [0.4, 0.5) is 0 Å². The zero-order chi connectivity index (χ0) is 15.8. The molecule has 0 saturated heterocycles. The summed E-state index contributed by atoms with van der Waals surface area (Å²) in [6.07, 6.45) is 2.04. The van der Waals surface area contributed by atoms with Gasteiger partial charge in [-0.15, -0.1) is 0 Å². The molecule has 1 aromatic rings. The topological polar surface area (TPSA) is 50.4 Å². The maximum Gasteiger partial charge on any atom is 0.237 e. The lowest BCUT2D eigenvalue weighted by Gasteiger charge is -2.19. The minimum atomic E-state index is -0.287. The van der Waals surface area contributed by atoms with E-state index in [4.69, 9.17) is 16.3 Å². The predicted molar refractivity (Wildman–Crippen MR) is 86.8 cm³/mol. The lowest BCUT2D eigenvalue weighted by atomic mass is 10.1. The predicted octanol–water partition coefficient (Wildman–Crippen LogP) is 3.13. The fraction of sp³-hybridized carbons (Fsp3) is 0.562. The third kappa shape index (κ3) is 5.56. The van der Waals surface area contributed by atoms with Gasteiger partial charge in [-0.05, 0) is 32.4 Å². The monoisotopic (exact) mass is 312 g/mol. The van der Waals surface area contributed by atoms with Gasteiger partial charge in [-0.3, -0.25) is 4.79 Å². The van der Waals surface area contributed by atoms with Crippen molar-refractivity contribution < 1.29 is 9.53 Å². The minimum Gasteiger partial charge on any atom is -0.496 e. The van der Waals surface area contributed by atoms with E-state index >= 15 is 0 Å². The summed E-state index contributed by atoms with van der Waals surface area (Å²) < 4.78 is 5.29. The van der Waals surface area contributed by atoms with E-state index in [-0.39, 0.29) is 18.0 Å². The standard InChI is InChI=1S/C16H25ClN2O2/c1-5-7-11(2)19-16(20)12(3)18-10-13-14(17)8-6-9-15(13)21-4/h6,8-9,11-12,18H,5,7,10H2,1-4H3,(H,19,20). The summed E-state index contributed by atoms with van der Waals surface area (Å²) >= 11 is 6.18. The molecule has 1 aromatic carbocycles. The number of halogens is 1. The quantitative estimate of drug-likeness (QED) is 0.775. The molecular weight excluding hydrogens is 288 g/mol. The van der Waals surface area contributed by atoms with Crippen molar-refractivity contribution in [2.45, 2.75) is 52.2 Å². The van der Waals surface area contributed by atoms with E-state index in [1.165, 1.54) is 0 Å². The van der Waals surface area contributed by atoms with Gasteiger partial charge in [-0.1, -0.05) is 31.0 Å². The number of benzene rings is 1. The maximum atomic E-state index is 12.1. The van der Waals surface area contributed by atoms with Crippen LogP contribution in [0.25, 0.3) is 0 Å². The third-order valence-corrected chi connectivity index (χ3v) is 3.74. The molecule has 0 aromatic heterocycles. The summed E-state index contributed by atoms with van der Waals surface area (Å²) in [7, 11) is 1.61. The van der Waals surface area contributed by atoms with Gasteiger partial charge in [0.05, 0.1) is 13.2 Å². The molecule has 2 unspecified atom stereocenters. The fourth-order valence-electron chi connectivity index (χ4n) is 2.12. The molecule has 1 rings (SSSR count). The molecule has 2 atom stereocenters. The zero-order valence-electron chi connectivity index (χ0n) is 13.2. The van der Waals surface area contributed by atoms with E-state index in [2.05, 4.69) is 17.6 Å². The van der Waals surface area contributed by atoms with Crippen LogP contribution in [-0.4, -0.2) is 25.1 Å². The number of carbonyl (C=O) groups is 1. The van der Waals surface area contributed by atoms with Gasteiger partial charge >= 0.3 is 0 Å². The highest BCUT2D eigenvalue weighted by Crippen LogP contribution is 2.25. The highest BCUT2D eigenvalue weighted by Gasteiger charge is 2.16. The van der Waals surface area contributed by atoms with Gasteiger partial charge < -0.3 is 15.4 Å². The van der Waals surface area contributed by atoms with Crippen LogP contribution in [0.15, 0.2) is 18.2 Å². The second kappa shape index (κ2) is 8.90. The second-order valence-corrected chi connectivity index (χ2v) is 5.63. The first kappa shape index (κ1) is 17.8. The normalized spacial score (nSPS) is 13.6. The summed E-state index contributed by atoms with van der Waals surface area (Å²) in [6, 6.07) is 5.42. The van der Waals surface area contributed by atoms with Gasteiger partial charge in [0, 0.05) is 23.2 Å². The molecule has 0 saturated carbocycles. The van der Waals surface area contributed by atoms with Crippen LogP contribution < -0.4 is 15.4 Å². The van der Waals surface area contributed by atoms with Crippen LogP contribution in [0.5, 0.6) is 5.75 Å². The number of nitrogens with one attached hydrogen (secondary N) is 2. The molecule has 118 valence electrons. The van der Waals surface area contributed by atoms with Gasteiger partial charge in [-0.2, -0.15) is 0 Å². The van der Waals surface area contributed by atoms with E-state index in [0.717, 1.165) is 24.2 Å². The fourth-order valence-corrected chi connectivity index (χ4v) is 2.36. The molecule has 0 aliphatic heterocycles. The van der Waals surface area contributed by atoms with Crippen molar-refractivity contribution in [2.24, 2.45) is 0 Å². The number of rotatable bonds is 8. The molecule has 0 radical (unpaired) electrons. The number of amides is 1. The molecule has 1 amide bonds. The summed E-state index contributed by atoms with van der Waals surface area (Å²) in [5, 5.41) is 6.81. The Bertz CT molecular complexity index is 466. The number of hydrogen-bond acceptors (Lipinski definition) is 3.